The summed E-state index contributed by atoms with van der Waals surface area (Å²) in [5, 5.41) is 11.9. The van der Waals surface area contributed by atoms with Gasteiger partial charge in [0, 0.05) is 19.2 Å². The molecule has 0 radical (unpaired) electrons. The second-order valence-corrected chi connectivity index (χ2v) is 9.24. The molecular formula is C23H24FN3O4S. The lowest BCUT2D eigenvalue weighted by molar-refractivity contribution is -0.116. The van der Waals surface area contributed by atoms with Gasteiger partial charge >= 0.3 is 0 Å². The number of methoxy groups -OCH3 is 1. The lowest BCUT2D eigenvalue weighted by Crippen LogP contribution is -2.35. The van der Waals surface area contributed by atoms with Crippen LogP contribution in [-0.2, 0) is 14.8 Å². The second-order valence-electron chi connectivity index (χ2n) is 7.33. The molecule has 0 aliphatic carbocycles. The van der Waals surface area contributed by atoms with Gasteiger partial charge < -0.3 is 10.1 Å². The van der Waals surface area contributed by atoms with Crippen molar-refractivity contribution in [3.05, 3.63) is 65.5 Å². The predicted molar refractivity (Wildman–Crippen MR) is 118 cm³/mol. The Bertz CT molecular complexity index is 1130. The summed E-state index contributed by atoms with van der Waals surface area (Å²) >= 11 is 0. The zero-order valence-electron chi connectivity index (χ0n) is 17.6. The molecule has 1 aliphatic heterocycles. The normalized spacial score (nSPS) is 15.8. The van der Waals surface area contributed by atoms with E-state index >= 15 is 0 Å². The summed E-state index contributed by atoms with van der Waals surface area (Å²) in [6.45, 7) is 0.930. The third kappa shape index (κ3) is 5.52. The minimum Gasteiger partial charge on any atom is -0.495 e. The number of nitrogens with one attached hydrogen (secondary N) is 1. The van der Waals surface area contributed by atoms with Gasteiger partial charge in [-0.25, -0.2) is 12.8 Å². The molecule has 0 saturated carbocycles. The van der Waals surface area contributed by atoms with Crippen molar-refractivity contribution in [2.24, 2.45) is 0 Å². The fraction of sp³-hybridized carbons (Fsp3) is 0.304. The van der Waals surface area contributed by atoms with Crippen molar-refractivity contribution in [2.45, 2.75) is 30.2 Å². The summed E-state index contributed by atoms with van der Waals surface area (Å²) in [4.78, 5) is 12.4. The number of hydrogen-bond donors (Lipinski definition) is 1. The molecule has 0 spiro atoms. The van der Waals surface area contributed by atoms with E-state index in [0.717, 1.165) is 19.3 Å². The van der Waals surface area contributed by atoms with Gasteiger partial charge in [0.1, 0.15) is 22.5 Å². The highest BCUT2D eigenvalue weighted by atomic mass is 32.2. The van der Waals surface area contributed by atoms with E-state index in [-0.39, 0.29) is 10.6 Å². The lowest BCUT2D eigenvalue weighted by Gasteiger charge is -2.26. The largest absolute Gasteiger partial charge is 0.495 e. The summed E-state index contributed by atoms with van der Waals surface area (Å²) in [6, 6.07) is 10.9. The summed E-state index contributed by atoms with van der Waals surface area (Å²) in [5.74, 6) is -0.748. The van der Waals surface area contributed by atoms with Crippen LogP contribution in [0.5, 0.6) is 5.75 Å². The van der Waals surface area contributed by atoms with Crippen molar-refractivity contribution in [1.82, 2.24) is 9.62 Å². The zero-order valence-corrected chi connectivity index (χ0v) is 18.4. The van der Waals surface area contributed by atoms with Gasteiger partial charge in [0.2, 0.25) is 15.9 Å². The minimum absolute atomic E-state index is 0.0469. The number of piperidine rings is 1. The molecule has 1 unspecified atom stereocenters. The molecule has 1 fully saturated rings. The Morgan fingerprint density at radius 1 is 1.19 bits per heavy atom. The number of ether oxygens (including phenoxy) is 1. The maximum atomic E-state index is 13.1. The Morgan fingerprint density at radius 3 is 2.50 bits per heavy atom. The van der Waals surface area contributed by atoms with Crippen molar-refractivity contribution in [2.75, 3.05) is 20.2 Å². The van der Waals surface area contributed by atoms with Gasteiger partial charge in [-0.15, -0.1) is 0 Å². The van der Waals surface area contributed by atoms with E-state index in [1.54, 1.807) is 12.1 Å². The first-order chi connectivity index (χ1) is 15.3. The van der Waals surface area contributed by atoms with Crippen molar-refractivity contribution in [1.29, 1.82) is 5.26 Å². The van der Waals surface area contributed by atoms with Gasteiger partial charge in [0.15, 0.2) is 0 Å². The molecule has 1 amide bonds. The average molecular weight is 458 g/mol. The summed E-state index contributed by atoms with van der Waals surface area (Å²) in [6.07, 6.45) is 5.31. The minimum atomic E-state index is -3.73. The van der Waals surface area contributed by atoms with Gasteiger partial charge in [0.05, 0.1) is 13.2 Å². The number of nitriles is 1. The predicted octanol–water partition coefficient (Wildman–Crippen LogP) is 3.40. The van der Waals surface area contributed by atoms with Crippen molar-refractivity contribution >= 4 is 22.0 Å². The number of benzene rings is 2. The zero-order chi connectivity index (χ0) is 23.1. The van der Waals surface area contributed by atoms with Crippen molar-refractivity contribution in [3.63, 3.8) is 0 Å². The molecule has 2 aromatic rings. The molecule has 0 aromatic heterocycles. The van der Waals surface area contributed by atoms with Gasteiger partial charge in [-0.1, -0.05) is 24.6 Å². The van der Waals surface area contributed by atoms with E-state index < -0.39 is 27.8 Å². The van der Waals surface area contributed by atoms with Gasteiger partial charge in [-0.3, -0.25) is 4.79 Å². The van der Waals surface area contributed by atoms with Crippen molar-refractivity contribution in [3.8, 4) is 11.8 Å². The van der Waals surface area contributed by atoms with Crippen LogP contribution >= 0.6 is 0 Å². The number of carbonyl (C=O) groups excluding carboxylic acids is 1. The third-order valence-corrected chi connectivity index (χ3v) is 7.09. The van der Waals surface area contributed by atoms with Crippen LogP contribution in [0, 0.1) is 17.1 Å². The molecular weight excluding hydrogens is 433 g/mol. The summed E-state index contributed by atoms with van der Waals surface area (Å²) < 4.78 is 46.0. The van der Waals surface area contributed by atoms with Crippen molar-refractivity contribution < 1.29 is 22.3 Å². The Labute approximate surface area is 187 Å². The number of carbonyl (C=O) groups is 1. The molecule has 2 aromatic carbocycles. The summed E-state index contributed by atoms with van der Waals surface area (Å²) in [7, 11) is -2.32. The van der Waals surface area contributed by atoms with Crippen LogP contribution in [0.25, 0.3) is 6.08 Å². The van der Waals surface area contributed by atoms with Crippen LogP contribution < -0.4 is 10.1 Å². The van der Waals surface area contributed by atoms with Crippen LogP contribution in [-0.4, -0.2) is 38.8 Å². The van der Waals surface area contributed by atoms with Gasteiger partial charge in [0.25, 0.3) is 0 Å². The lowest BCUT2D eigenvalue weighted by atomic mass is 10.1. The fourth-order valence-corrected chi connectivity index (χ4v) is 5.16. The Kier molecular flexibility index (Phi) is 7.62. The first-order valence-corrected chi connectivity index (χ1v) is 11.6. The molecule has 0 bridgehead atoms. The summed E-state index contributed by atoms with van der Waals surface area (Å²) in [5.41, 5.74) is 0.946. The number of nitrogens with zero attached hydrogens (tertiary/aromatic N) is 2. The molecule has 1 atom stereocenters. The molecule has 3 rings (SSSR count). The molecule has 9 heteroatoms. The Balaban J connectivity index is 1.78. The van der Waals surface area contributed by atoms with E-state index in [1.807, 2.05) is 6.07 Å². The molecule has 1 heterocycles. The molecule has 7 nitrogen and oxygen atoms in total. The average Bonchev–Trinajstić information content (AvgIpc) is 2.82. The van der Waals surface area contributed by atoms with E-state index in [1.165, 1.54) is 53.9 Å². The first kappa shape index (κ1) is 23.4. The smallest absolute Gasteiger partial charge is 0.246 e. The van der Waals surface area contributed by atoms with Crippen LogP contribution in [0.15, 0.2) is 53.4 Å². The van der Waals surface area contributed by atoms with Gasteiger partial charge in [-0.2, -0.15) is 9.57 Å². The molecule has 32 heavy (non-hydrogen) atoms. The van der Waals surface area contributed by atoms with E-state index in [0.29, 0.717) is 24.2 Å². The van der Waals surface area contributed by atoms with E-state index in [9.17, 15) is 22.9 Å². The maximum absolute atomic E-state index is 13.1. The van der Waals surface area contributed by atoms with E-state index in [2.05, 4.69) is 5.32 Å². The number of halogens is 1. The second kappa shape index (κ2) is 10.4. The maximum Gasteiger partial charge on any atom is 0.246 e. The standard InChI is InChI=1S/C23H24FN3O4S/c1-31-21-11-5-17(15-22(21)32(29,30)27-13-3-2-4-14-27)6-12-23(28)26-20(16-25)18-7-9-19(24)10-8-18/h5-12,15,20H,2-4,13-14H2,1H3,(H,26,28)/b12-6+. The Hall–Kier alpha value is -3.22. The van der Waals surface area contributed by atoms with Crippen LogP contribution in [0.4, 0.5) is 4.39 Å². The molecule has 1 saturated heterocycles. The number of sulfonamides is 1. The quantitative estimate of drug-likeness (QED) is 0.643. The monoisotopic (exact) mass is 457 g/mol. The topological polar surface area (TPSA) is 99.5 Å². The number of hydrogen-bond acceptors (Lipinski definition) is 5. The SMILES string of the molecule is COc1ccc(/C=C/C(=O)NC(C#N)c2ccc(F)cc2)cc1S(=O)(=O)N1CCCCC1. The number of rotatable bonds is 7. The van der Waals surface area contributed by atoms with E-state index in [4.69, 9.17) is 4.74 Å². The highest BCUT2D eigenvalue weighted by Gasteiger charge is 2.29. The third-order valence-electron chi connectivity index (χ3n) is 5.17. The highest BCUT2D eigenvalue weighted by Crippen LogP contribution is 2.30. The van der Waals surface area contributed by atoms with Crippen LogP contribution in [0.2, 0.25) is 0 Å². The first-order valence-electron chi connectivity index (χ1n) is 10.2. The molecule has 168 valence electrons. The number of amides is 1. The van der Waals surface area contributed by atoms with Crippen LogP contribution in [0.1, 0.15) is 36.4 Å². The molecule has 1 aliphatic rings. The van der Waals surface area contributed by atoms with Gasteiger partial charge in [-0.05, 0) is 54.3 Å². The fourth-order valence-electron chi connectivity index (χ4n) is 3.45. The van der Waals surface area contributed by atoms with Crippen LogP contribution in [0.3, 0.4) is 0 Å². The highest BCUT2D eigenvalue weighted by molar-refractivity contribution is 7.89. The Morgan fingerprint density at radius 2 is 1.88 bits per heavy atom. The molecule has 1 N–H and O–H groups in total.